The van der Waals surface area contributed by atoms with Crippen LogP contribution in [0.3, 0.4) is 0 Å². The molecule has 1 aliphatic rings. The van der Waals surface area contributed by atoms with Crippen LogP contribution in [-0.2, 0) is 5.92 Å². The Hall–Kier alpha value is -1.57. The van der Waals surface area contributed by atoms with E-state index >= 15 is 0 Å². The van der Waals surface area contributed by atoms with E-state index in [1.54, 1.807) is 18.2 Å². The maximum Gasteiger partial charge on any atom is 0.350 e. The molecule has 1 aromatic heterocycles. The fourth-order valence-corrected chi connectivity index (χ4v) is 2.36. The van der Waals surface area contributed by atoms with Crippen molar-refractivity contribution < 1.29 is 13.3 Å². The molecule has 0 aliphatic carbocycles. The first kappa shape index (κ1) is 16.8. The molecule has 0 radical (unpaired) electrons. The number of hydrogen-bond donors (Lipinski definition) is 1. The fourth-order valence-electron chi connectivity index (χ4n) is 2.36. The Balaban J connectivity index is 0.00000176. The Bertz CT molecular complexity index is 608. The van der Waals surface area contributed by atoms with Crippen LogP contribution in [-0.4, -0.2) is 41.7 Å². The molecule has 8 heteroatoms. The molecular formula is C14H17ClF2N4O. The van der Waals surface area contributed by atoms with Gasteiger partial charge in [-0.3, -0.25) is 4.90 Å². The molecule has 2 aromatic rings. The number of aromatic nitrogens is 2. The van der Waals surface area contributed by atoms with Gasteiger partial charge in [-0.25, -0.2) is 0 Å². The van der Waals surface area contributed by atoms with Crippen LogP contribution in [0.2, 0.25) is 0 Å². The third-order valence-corrected chi connectivity index (χ3v) is 3.66. The molecule has 5 nitrogen and oxygen atoms in total. The molecule has 1 unspecified atom stereocenters. The van der Waals surface area contributed by atoms with Crippen LogP contribution in [0.25, 0.3) is 0 Å². The number of hydrogen-bond acceptors (Lipinski definition) is 5. The van der Waals surface area contributed by atoms with Gasteiger partial charge in [-0.2, -0.15) is 13.8 Å². The second-order valence-corrected chi connectivity index (χ2v) is 5.10. The molecule has 1 aliphatic heterocycles. The van der Waals surface area contributed by atoms with E-state index in [0.29, 0.717) is 6.54 Å². The van der Waals surface area contributed by atoms with Crippen molar-refractivity contribution in [1.29, 1.82) is 0 Å². The fraction of sp³-hybridized carbons (Fsp3) is 0.429. The van der Waals surface area contributed by atoms with E-state index in [1.807, 2.05) is 11.9 Å². The summed E-state index contributed by atoms with van der Waals surface area (Å²) in [7, 11) is 1.91. The summed E-state index contributed by atoms with van der Waals surface area (Å²) >= 11 is 0. The van der Waals surface area contributed by atoms with Crippen molar-refractivity contribution in [2.24, 2.45) is 0 Å². The summed E-state index contributed by atoms with van der Waals surface area (Å²) in [5.41, 5.74) is -0.157. The van der Waals surface area contributed by atoms with Gasteiger partial charge in [-0.1, -0.05) is 35.5 Å². The zero-order chi connectivity index (χ0) is 14.9. The van der Waals surface area contributed by atoms with Gasteiger partial charge in [0, 0.05) is 25.2 Å². The lowest BCUT2D eigenvalue weighted by molar-refractivity contribution is 0.00761. The van der Waals surface area contributed by atoms with Crippen molar-refractivity contribution in [1.82, 2.24) is 20.4 Å². The average molecular weight is 331 g/mol. The summed E-state index contributed by atoms with van der Waals surface area (Å²) in [4.78, 5) is 5.94. The van der Waals surface area contributed by atoms with E-state index in [-0.39, 0.29) is 29.8 Å². The summed E-state index contributed by atoms with van der Waals surface area (Å²) < 4.78 is 33.5. The molecule has 0 spiro atoms. The van der Waals surface area contributed by atoms with Crippen LogP contribution < -0.4 is 5.32 Å². The molecule has 1 aromatic carbocycles. The van der Waals surface area contributed by atoms with Crippen molar-refractivity contribution in [3.8, 4) is 0 Å². The van der Waals surface area contributed by atoms with Gasteiger partial charge in [0.2, 0.25) is 0 Å². The van der Waals surface area contributed by atoms with E-state index in [4.69, 9.17) is 4.52 Å². The van der Waals surface area contributed by atoms with Crippen LogP contribution >= 0.6 is 12.4 Å². The van der Waals surface area contributed by atoms with Gasteiger partial charge in [-0.05, 0) is 7.05 Å². The summed E-state index contributed by atoms with van der Waals surface area (Å²) in [5.74, 6) is -3.66. The summed E-state index contributed by atoms with van der Waals surface area (Å²) in [6.45, 7) is 2.29. The van der Waals surface area contributed by atoms with Gasteiger partial charge < -0.3 is 9.84 Å². The highest BCUT2D eigenvalue weighted by molar-refractivity contribution is 5.85. The van der Waals surface area contributed by atoms with E-state index in [2.05, 4.69) is 15.5 Å². The molecule has 0 saturated carbocycles. The Morgan fingerprint density at radius 2 is 2.05 bits per heavy atom. The molecule has 1 atom stereocenters. The van der Waals surface area contributed by atoms with Crippen LogP contribution in [0.5, 0.6) is 0 Å². The molecule has 0 bridgehead atoms. The van der Waals surface area contributed by atoms with Gasteiger partial charge >= 0.3 is 11.8 Å². The quantitative estimate of drug-likeness (QED) is 0.935. The number of nitrogens with zero attached hydrogens (tertiary/aromatic N) is 3. The van der Waals surface area contributed by atoms with Crippen LogP contribution in [0, 0.1) is 0 Å². The number of likely N-dealkylation sites (N-methyl/N-ethyl adjacent to an activating group) is 1. The molecule has 1 saturated heterocycles. The lowest BCUT2D eigenvalue weighted by Gasteiger charge is -2.30. The first-order chi connectivity index (χ1) is 10.1. The second kappa shape index (κ2) is 6.68. The molecule has 3 rings (SSSR count). The Kier molecular flexibility index (Phi) is 5.10. The van der Waals surface area contributed by atoms with E-state index in [1.165, 1.54) is 12.1 Å². The minimum absolute atomic E-state index is 0. The smallest absolute Gasteiger partial charge is 0.332 e. The van der Waals surface area contributed by atoms with Gasteiger partial charge in [-0.15, -0.1) is 12.4 Å². The molecule has 1 fully saturated rings. The second-order valence-electron chi connectivity index (χ2n) is 5.10. The molecule has 2 heterocycles. The van der Waals surface area contributed by atoms with Gasteiger partial charge in [0.05, 0.1) is 6.04 Å². The standard InChI is InChI=1S/C14H16F2N4O.ClH/c1-20-8-7-17-9-11(20)12-18-13(21-19-12)14(15,16)10-5-3-2-4-6-10;/h2-6,11,17H,7-9H2,1H3;1H. The number of halogens is 3. The average Bonchev–Trinajstić information content (AvgIpc) is 2.99. The topological polar surface area (TPSA) is 54.2 Å². The minimum atomic E-state index is -3.28. The van der Waals surface area contributed by atoms with Crippen molar-refractivity contribution >= 4 is 12.4 Å². The lowest BCUT2D eigenvalue weighted by atomic mass is 10.1. The predicted molar refractivity (Wildman–Crippen MR) is 79.2 cm³/mol. The van der Waals surface area contributed by atoms with Gasteiger partial charge in [0.15, 0.2) is 5.82 Å². The number of piperazine rings is 1. The summed E-state index contributed by atoms with van der Waals surface area (Å²) in [6.07, 6.45) is 0. The molecule has 1 N–H and O–H groups in total. The maximum absolute atomic E-state index is 14.3. The van der Waals surface area contributed by atoms with Crippen molar-refractivity contribution in [3.63, 3.8) is 0 Å². The number of benzene rings is 1. The lowest BCUT2D eigenvalue weighted by Crippen LogP contribution is -2.44. The Morgan fingerprint density at radius 1 is 1.32 bits per heavy atom. The first-order valence-electron chi connectivity index (χ1n) is 6.77. The van der Waals surface area contributed by atoms with Crippen LogP contribution in [0.4, 0.5) is 8.78 Å². The highest BCUT2D eigenvalue weighted by Crippen LogP contribution is 2.35. The Labute approximate surface area is 133 Å². The van der Waals surface area contributed by atoms with E-state index < -0.39 is 11.8 Å². The van der Waals surface area contributed by atoms with Gasteiger partial charge in [0.1, 0.15) is 0 Å². The van der Waals surface area contributed by atoms with Crippen molar-refractivity contribution in [2.45, 2.75) is 12.0 Å². The Morgan fingerprint density at radius 3 is 2.73 bits per heavy atom. The highest BCUT2D eigenvalue weighted by atomic mass is 35.5. The third-order valence-electron chi connectivity index (χ3n) is 3.66. The summed E-state index contributed by atoms with van der Waals surface area (Å²) in [5, 5.41) is 6.93. The molecule has 22 heavy (non-hydrogen) atoms. The SMILES string of the molecule is CN1CCNCC1c1noc(C(F)(F)c2ccccc2)n1.Cl. The van der Waals surface area contributed by atoms with Crippen molar-refractivity contribution in [3.05, 3.63) is 47.6 Å². The van der Waals surface area contributed by atoms with Gasteiger partial charge in [0.25, 0.3) is 0 Å². The maximum atomic E-state index is 14.3. The first-order valence-corrected chi connectivity index (χ1v) is 6.77. The molecular weight excluding hydrogens is 314 g/mol. The largest absolute Gasteiger partial charge is 0.350 e. The third kappa shape index (κ3) is 3.11. The number of rotatable bonds is 3. The highest BCUT2D eigenvalue weighted by Gasteiger charge is 2.41. The van der Waals surface area contributed by atoms with Crippen LogP contribution in [0.15, 0.2) is 34.9 Å². The molecule has 120 valence electrons. The number of alkyl halides is 2. The van der Waals surface area contributed by atoms with E-state index in [0.717, 1.165) is 13.1 Å². The normalized spacial score (nSPS) is 19.7. The molecule has 0 amide bonds. The van der Waals surface area contributed by atoms with Crippen molar-refractivity contribution in [2.75, 3.05) is 26.7 Å². The predicted octanol–water partition coefficient (Wildman–Crippen LogP) is 2.21. The summed E-state index contributed by atoms with van der Waals surface area (Å²) in [6, 6.07) is 7.33. The van der Waals surface area contributed by atoms with Crippen LogP contribution in [0.1, 0.15) is 23.3 Å². The number of nitrogens with one attached hydrogen (secondary N) is 1. The monoisotopic (exact) mass is 330 g/mol. The van der Waals surface area contributed by atoms with E-state index in [9.17, 15) is 8.78 Å². The zero-order valence-electron chi connectivity index (χ0n) is 12.0. The zero-order valence-corrected chi connectivity index (χ0v) is 12.8. The minimum Gasteiger partial charge on any atom is -0.332 e.